The third-order valence-corrected chi connectivity index (χ3v) is 10.4. The summed E-state index contributed by atoms with van der Waals surface area (Å²) in [5, 5.41) is 30.5. The van der Waals surface area contributed by atoms with Crippen molar-refractivity contribution in [2.45, 2.75) is 90.3 Å². The number of aliphatic hydroxyl groups is 2. The fourth-order valence-corrected chi connectivity index (χ4v) is 9.00. The van der Waals surface area contributed by atoms with E-state index in [9.17, 15) is 15.0 Å². The second-order valence-corrected chi connectivity index (χ2v) is 11.5. The normalized spacial score (nSPS) is 51.6. The monoisotopic (exact) mass is 402 g/mol. The summed E-state index contributed by atoms with van der Waals surface area (Å²) >= 11 is 0. The minimum atomic E-state index is -0.693. The summed E-state index contributed by atoms with van der Waals surface area (Å²) < 4.78 is 0. The van der Waals surface area contributed by atoms with E-state index < -0.39 is 5.97 Å². The van der Waals surface area contributed by atoms with Crippen LogP contribution in [0.3, 0.4) is 0 Å². The molecular weight excluding hydrogens is 364 g/mol. The van der Waals surface area contributed by atoms with Gasteiger partial charge in [-0.05, 0) is 104 Å². The summed E-state index contributed by atoms with van der Waals surface area (Å²) in [7, 11) is 0. The van der Waals surface area contributed by atoms with E-state index in [-0.39, 0.29) is 29.5 Å². The molecule has 0 aliphatic heterocycles. The number of carboxylic acid groups (broad SMARTS) is 1. The van der Waals surface area contributed by atoms with Crippen molar-refractivity contribution in [3.8, 4) is 0 Å². The van der Waals surface area contributed by atoms with Crippen LogP contribution in [0.15, 0.2) is 11.6 Å². The van der Waals surface area contributed by atoms with Gasteiger partial charge in [0.25, 0.3) is 0 Å². The number of carbonyl (C=O) groups is 1. The van der Waals surface area contributed by atoms with Gasteiger partial charge < -0.3 is 15.3 Å². The highest BCUT2D eigenvalue weighted by atomic mass is 16.4. The van der Waals surface area contributed by atoms with Crippen molar-refractivity contribution in [1.82, 2.24) is 0 Å². The maximum atomic E-state index is 11.3. The van der Waals surface area contributed by atoms with E-state index in [1.165, 1.54) is 31.3 Å². The molecule has 0 bridgehead atoms. The molecule has 0 aromatic heterocycles. The molecule has 4 heteroatoms. The van der Waals surface area contributed by atoms with Gasteiger partial charge in [0.1, 0.15) is 0 Å². The predicted molar refractivity (Wildman–Crippen MR) is 111 cm³/mol. The molecule has 0 heterocycles. The lowest BCUT2D eigenvalue weighted by atomic mass is 9.41. The summed E-state index contributed by atoms with van der Waals surface area (Å²) in [4.78, 5) is 11.0. The van der Waals surface area contributed by atoms with Crippen molar-refractivity contribution < 1.29 is 20.1 Å². The number of hydrogen-bond acceptors (Lipinski definition) is 3. The average Bonchev–Trinajstić information content (AvgIpc) is 2.94. The topological polar surface area (TPSA) is 77.8 Å². The third-order valence-electron chi connectivity index (χ3n) is 10.4. The number of hydrogen-bond donors (Lipinski definition) is 3. The lowest BCUT2D eigenvalue weighted by molar-refractivity contribution is -0.169. The first-order valence-electron chi connectivity index (χ1n) is 12.1. The van der Waals surface area contributed by atoms with E-state index in [4.69, 9.17) is 5.11 Å². The number of aliphatic carboxylic acids is 1. The van der Waals surface area contributed by atoms with Gasteiger partial charge in [-0.15, -0.1) is 0 Å². The first-order valence-corrected chi connectivity index (χ1v) is 12.1. The Bertz CT molecular complexity index is 716. The van der Waals surface area contributed by atoms with Crippen molar-refractivity contribution >= 4 is 5.97 Å². The molecule has 4 nitrogen and oxygen atoms in total. The van der Waals surface area contributed by atoms with Crippen LogP contribution in [-0.4, -0.2) is 33.5 Å². The molecule has 5 aliphatic rings. The van der Waals surface area contributed by atoms with Gasteiger partial charge in [-0.3, -0.25) is 4.79 Å². The van der Waals surface area contributed by atoms with Crippen LogP contribution < -0.4 is 0 Å². The molecule has 5 rings (SSSR count). The summed E-state index contributed by atoms with van der Waals surface area (Å²) in [6, 6.07) is 0. The Labute approximate surface area is 174 Å². The van der Waals surface area contributed by atoms with Crippen LogP contribution in [0.2, 0.25) is 0 Å². The van der Waals surface area contributed by atoms with Gasteiger partial charge in [0.15, 0.2) is 0 Å². The van der Waals surface area contributed by atoms with Gasteiger partial charge in [-0.1, -0.05) is 25.5 Å². The number of aliphatic hydroxyl groups excluding tert-OH is 2. The zero-order valence-electron chi connectivity index (χ0n) is 18.0. The zero-order chi connectivity index (χ0) is 20.6. The molecule has 0 aromatic carbocycles. The van der Waals surface area contributed by atoms with Crippen LogP contribution in [0.4, 0.5) is 0 Å². The van der Waals surface area contributed by atoms with Crippen LogP contribution in [0, 0.1) is 46.3 Å². The van der Waals surface area contributed by atoms with Crippen LogP contribution in [0.25, 0.3) is 0 Å². The molecule has 29 heavy (non-hydrogen) atoms. The molecular formula is C25H38O4. The van der Waals surface area contributed by atoms with Crippen molar-refractivity contribution in [1.29, 1.82) is 0 Å². The molecule has 0 saturated heterocycles. The minimum Gasteiger partial charge on any atom is -0.481 e. The summed E-state index contributed by atoms with van der Waals surface area (Å²) in [5.74, 6) is 2.39. The molecule has 8 unspecified atom stereocenters. The second kappa shape index (κ2) is 6.82. The maximum absolute atomic E-state index is 11.3. The van der Waals surface area contributed by atoms with E-state index in [1.54, 1.807) is 0 Å². The lowest BCUT2D eigenvalue weighted by Crippen LogP contribution is -2.60. The summed E-state index contributed by atoms with van der Waals surface area (Å²) in [6.45, 7) is 4.67. The Balaban J connectivity index is 1.38. The Morgan fingerprint density at radius 3 is 2.69 bits per heavy atom. The highest BCUT2D eigenvalue weighted by Gasteiger charge is 2.66. The maximum Gasteiger partial charge on any atom is 0.303 e. The average molecular weight is 403 g/mol. The zero-order valence-corrected chi connectivity index (χ0v) is 18.0. The van der Waals surface area contributed by atoms with Gasteiger partial charge in [-0.25, -0.2) is 0 Å². The molecule has 4 fully saturated rings. The SMILES string of the molecule is CC(CCC(=O)O)C1=CC23CCC4C(C2CCC13)[C@H](O)CC1C[C@H](O)CCC14C. The van der Waals surface area contributed by atoms with Crippen LogP contribution in [0.5, 0.6) is 0 Å². The number of rotatable bonds is 4. The molecule has 162 valence electrons. The van der Waals surface area contributed by atoms with Crippen molar-refractivity contribution in [3.63, 3.8) is 0 Å². The van der Waals surface area contributed by atoms with Crippen LogP contribution in [-0.2, 0) is 4.79 Å². The Hall–Kier alpha value is -0.870. The highest BCUT2D eigenvalue weighted by Crippen LogP contribution is 2.72. The molecule has 1 spiro atoms. The fourth-order valence-electron chi connectivity index (χ4n) is 9.00. The Morgan fingerprint density at radius 2 is 1.93 bits per heavy atom. The number of allylic oxidation sites excluding steroid dienone is 2. The van der Waals surface area contributed by atoms with Crippen LogP contribution >= 0.6 is 0 Å². The first kappa shape index (κ1) is 20.1. The molecule has 0 aromatic rings. The molecule has 0 radical (unpaired) electrons. The van der Waals surface area contributed by atoms with Gasteiger partial charge in [0.05, 0.1) is 12.2 Å². The smallest absolute Gasteiger partial charge is 0.303 e. The van der Waals surface area contributed by atoms with E-state index in [1.807, 2.05) is 0 Å². The van der Waals surface area contributed by atoms with E-state index in [0.29, 0.717) is 35.5 Å². The second-order valence-electron chi connectivity index (χ2n) is 11.5. The van der Waals surface area contributed by atoms with Crippen molar-refractivity contribution in [2.75, 3.05) is 0 Å². The number of carboxylic acids is 1. The molecule has 3 N–H and O–H groups in total. The van der Waals surface area contributed by atoms with Crippen molar-refractivity contribution in [3.05, 3.63) is 11.6 Å². The minimum absolute atomic E-state index is 0.174. The molecule has 5 aliphatic carbocycles. The molecule has 10 atom stereocenters. The van der Waals surface area contributed by atoms with Crippen LogP contribution in [0.1, 0.15) is 78.1 Å². The quantitative estimate of drug-likeness (QED) is 0.609. The van der Waals surface area contributed by atoms with E-state index >= 15 is 0 Å². The van der Waals surface area contributed by atoms with E-state index in [0.717, 1.165) is 32.1 Å². The molecule has 4 saturated carbocycles. The predicted octanol–water partition coefficient (Wildman–Crippen LogP) is 4.40. The fraction of sp³-hybridized carbons (Fsp3) is 0.880. The Kier molecular flexibility index (Phi) is 4.71. The summed E-state index contributed by atoms with van der Waals surface area (Å²) in [5.41, 5.74) is 2.09. The standard InChI is InChI=1S/C25H38O4/c1-14(3-6-22(28)29)17-13-25-10-8-19-23(20(25)5-4-18(17)25)21(27)12-15-11-16(26)7-9-24(15,19)2/h13-16,18-21,23,26-27H,3-12H2,1-2H3,(H,28,29)/t14?,15?,16-,18?,19?,20?,21-,23?,24?,25?/m1/s1. The van der Waals surface area contributed by atoms with Crippen molar-refractivity contribution in [2.24, 2.45) is 46.3 Å². The van der Waals surface area contributed by atoms with Gasteiger partial charge >= 0.3 is 5.97 Å². The van der Waals surface area contributed by atoms with Gasteiger partial charge in [-0.2, -0.15) is 0 Å². The first-order chi connectivity index (χ1) is 13.8. The van der Waals surface area contributed by atoms with Gasteiger partial charge in [0.2, 0.25) is 0 Å². The Morgan fingerprint density at radius 1 is 1.14 bits per heavy atom. The summed E-state index contributed by atoms with van der Waals surface area (Å²) in [6.07, 6.45) is 11.9. The highest BCUT2D eigenvalue weighted by molar-refractivity contribution is 5.66. The number of fused-ring (bicyclic) bond motifs is 4. The van der Waals surface area contributed by atoms with Gasteiger partial charge in [0, 0.05) is 6.42 Å². The lowest BCUT2D eigenvalue weighted by Gasteiger charge is -2.64. The molecule has 0 amide bonds. The largest absolute Gasteiger partial charge is 0.481 e. The third kappa shape index (κ3) is 2.81. The van der Waals surface area contributed by atoms with E-state index in [2.05, 4.69) is 19.9 Å².